The second-order valence-corrected chi connectivity index (χ2v) is 4.74. The number of nitrogens with one attached hydrogen (secondary N) is 1. The first-order chi connectivity index (χ1) is 8.17. The fourth-order valence-electron chi connectivity index (χ4n) is 1.54. The molecule has 0 spiro atoms. The maximum atomic E-state index is 5.77. The predicted octanol–water partition coefficient (Wildman–Crippen LogP) is 4.24. The maximum Gasteiger partial charge on any atom is 0.142 e. The van der Waals surface area contributed by atoms with Gasteiger partial charge in [-0.05, 0) is 37.0 Å². The molecule has 1 unspecified atom stereocenters. The Hall–Kier alpha value is -1.18. The van der Waals surface area contributed by atoms with Gasteiger partial charge in [-0.3, -0.25) is 0 Å². The first-order valence-electron chi connectivity index (χ1n) is 6.64. The Bertz CT molecular complexity index is 336. The number of aryl methyl sites for hydroxylation is 1. The lowest BCUT2D eigenvalue weighted by Crippen LogP contribution is -2.11. The Balaban J connectivity index is 2.68. The van der Waals surface area contributed by atoms with Gasteiger partial charge in [0.25, 0.3) is 0 Å². The van der Waals surface area contributed by atoms with E-state index < -0.39 is 0 Å². The molecule has 0 radical (unpaired) electrons. The van der Waals surface area contributed by atoms with Gasteiger partial charge in [0.15, 0.2) is 0 Å². The maximum absolute atomic E-state index is 5.77. The summed E-state index contributed by atoms with van der Waals surface area (Å²) in [5.74, 6) is 1.67. The van der Waals surface area contributed by atoms with Crippen molar-refractivity contribution >= 4 is 5.69 Å². The minimum Gasteiger partial charge on any atom is -0.491 e. The summed E-state index contributed by atoms with van der Waals surface area (Å²) >= 11 is 0. The van der Waals surface area contributed by atoms with Crippen molar-refractivity contribution in [2.24, 2.45) is 5.92 Å². The molecular weight excluding hydrogens is 210 g/mol. The Kier molecular flexibility index (Phi) is 5.88. The largest absolute Gasteiger partial charge is 0.491 e. The van der Waals surface area contributed by atoms with Crippen LogP contribution < -0.4 is 10.1 Å². The second-order valence-electron chi connectivity index (χ2n) is 4.74. The number of hydrogen-bond donors (Lipinski definition) is 1. The molecule has 1 N–H and O–H groups in total. The molecule has 0 aliphatic carbocycles. The van der Waals surface area contributed by atoms with Crippen LogP contribution in [0, 0.1) is 12.8 Å². The zero-order chi connectivity index (χ0) is 12.7. The molecule has 0 saturated heterocycles. The van der Waals surface area contributed by atoms with Crippen LogP contribution in [0.2, 0.25) is 0 Å². The molecule has 17 heavy (non-hydrogen) atoms. The van der Waals surface area contributed by atoms with Crippen LogP contribution in [0.3, 0.4) is 0 Å². The molecule has 0 heterocycles. The van der Waals surface area contributed by atoms with Crippen molar-refractivity contribution in [2.45, 2.75) is 40.5 Å². The van der Waals surface area contributed by atoms with Crippen molar-refractivity contribution < 1.29 is 4.74 Å². The summed E-state index contributed by atoms with van der Waals surface area (Å²) in [7, 11) is 0. The molecule has 0 amide bonds. The van der Waals surface area contributed by atoms with Gasteiger partial charge >= 0.3 is 0 Å². The van der Waals surface area contributed by atoms with Crippen molar-refractivity contribution in [3.63, 3.8) is 0 Å². The number of hydrogen-bond acceptors (Lipinski definition) is 2. The number of ether oxygens (including phenoxy) is 1. The Morgan fingerprint density at radius 3 is 2.71 bits per heavy atom. The third-order valence-electron chi connectivity index (χ3n) is 2.94. The van der Waals surface area contributed by atoms with Gasteiger partial charge in [0.1, 0.15) is 5.75 Å². The molecule has 96 valence electrons. The molecule has 2 heteroatoms. The third-order valence-corrected chi connectivity index (χ3v) is 2.94. The van der Waals surface area contributed by atoms with Crippen LogP contribution in [-0.2, 0) is 0 Å². The highest BCUT2D eigenvalue weighted by atomic mass is 16.5. The molecule has 0 bridgehead atoms. The topological polar surface area (TPSA) is 21.3 Å². The van der Waals surface area contributed by atoms with Gasteiger partial charge in [0, 0.05) is 6.54 Å². The summed E-state index contributed by atoms with van der Waals surface area (Å²) in [6, 6.07) is 6.34. The van der Waals surface area contributed by atoms with Gasteiger partial charge in [-0.25, -0.2) is 0 Å². The van der Waals surface area contributed by atoms with Crippen LogP contribution in [0.25, 0.3) is 0 Å². The molecule has 1 aromatic carbocycles. The Labute approximate surface area is 105 Å². The lowest BCUT2D eigenvalue weighted by atomic mass is 10.1. The van der Waals surface area contributed by atoms with E-state index >= 15 is 0 Å². The van der Waals surface area contributed by atoms with Crippen molar-refractivity contribution in [1.29, 1.82) is 0 Å². The first kappa shape index (κ1) is 13.9. The summed E-state index contributed by atoms with van der Waals surface area (Å²) < 4.78 is 5.77. The summed E-state index contributed by atoms with van der Waals surface area (Å²) in [6.45, 7) is 10.5. The zero-order valence-corrected chi connectivity index (χ0v) is 11.5. The van der Waals surface area contributed by atoms with E-state index in [-0.39, 0.29) is 0 Å². The molecule has 0 aliphatic rings. The number of anilines is 1. The van der Waals surface area contributed by atoms with Gasteiger partial charge in [-0.1, -0.05) is 33.3 Å². The summed E-state index contributed by atoms with van der Waals surface area (Å²) in [6.07, 6.45) is 2.24. The monoisotopic (exact) mass is 235 g/mol. The van der Waals surface area contributed by atoms with Gasteiger partial charge in [0.2, 0.25) is 0 Å². The standard InChI is InChI=1S/C15H25NO/c1-5-9-17-15-10-13(4)7-8-14(15)16-11-12(3)6-2/h7-8,10,12,16H,5-6,9,11H2,1-4H3. The van der Waals surface area contributed by atoms with E-state index in [1.54, 1.807) is 0 Å². The smallest absolute Gasteiger partial charge is 0.142 e. The minimum atomic E-state index is 0.690. The van der Waals surface area contributed by atoms with Crippen LogP contribution in [0.1, 0.15) is 39.2 Å². The summed E-state index contributed by atoms with van der Waals surface area (Å²) in [5, 5.41) is 3.48. The molecule has 1 atom stereocenters. The molecule has 0 fully saturated rings. The summed E-state index contributed by atoms with van der Waals surface area (Å²) in [4.78, 5) is 0. The lowest BCUT2D eigenvalue weighted by molar-refractivity contribution is 0.318. The average Bonchev–Trinajstić information content (AvgIpc) is 2.34. The second kappa shape index (κ2) is 7.21. The van der Waals surface area contributed by atoms with Crippen LogP contribution in [0.15, 0.2) is 18.2 Å². The van der Waals surface area contributed by atoms with Gasteiger partial charge < -0.3 is 10.1 Å². The highest BCUT2D eigenvalue weighted by molar-refractivity contribution is 5.57. The van der Waals surface area contributed by atoms with Gasteiger partial charge in [-0.15, -0.1) is 0 Å². The molecule has 0 aromatic heterocycles. The van der Waals surface area contributed by atoms with Crippen LogP contribution in [0.4, 0.5) is 5.69 Å². The minimum absolute atomic E-state index is 0.690. The van der Waals surface area contributed by atoms with Crippen LogP contribution >= 0.6 is 0 Å². The van der Waals surface area contributed by atoms with E-state index in [1.807, 2.05) is 0 Å². The summed E-state index contributed by atoms with van der Waals surface area (Å²) in [5.41, 5.74) is 2.36. The van der Waals surface area contributed by atoms with Crippen LogP contribution in [-0.4, -0.2) is 13.2 Å². The van der Waals surface area contributed by atoms with E-state index in [1.165, 1.54) is 12.0 Å². The molecule has 1 aromatic rings. The van der Waals surface area contributed by atoms with E-state index in [9.17, 15) is 0 Å². The number of benzene rings is 1. The number of rotatable bonds is 7. The quantitative estimate of drug-likeness (QED) is 0.763. The normalized spacial score (nSPS) is 12.2. The van der Waals surface area contributed by atoms with E-state index in [4.69, 9.17) is 4.74 Å². The van der Waals surface area contributed by atoms with Crippen LogP contribution in [0.5, 0.6) is 5.75 Å². The van der Waals surface area contributed by atoms with Crippen molar-refractivity contribution in [3.8, 4) is 5.75 Å². The fourth-order valence-corrected chi connectivity index (χ4v) is 1.54. The zero-order valence-electron chi connectivity index (χ0n) is 11.5. The first-order valence-corrected chi connectivity index (χ1v) is 6.64. The van der Waals surface area contributed by atoms with Gasteiger partial charge in [-0.2, -0.15) is 0 Å². The molecule has 2 nitrogen and oxygen atoms in total. The Morgan fingerprint density at radius 1 is 1.29 bits per heavy atom. The highest BCUT2D eigenvalue weighted by Gasteiger charge is 2.05. The molecule has 0 aliphatic heterocycles. The van der Waals surface area contributed by atoms with Crippen molar-refractivity contribution in [2.75, 3.05) is 18.5 Å². The van der Waals surface area contributed by atoms with Crippen molar-refractivity contribution in [3.05, 3.63) is 23.8 Å². The average molecular weight is 235 g/mol. The van der Waals surface area contributed by atoms with Crippen molar-refractivity contribution in [1.82, 2.24) is 0 Å². The third kappa shape index (κ3) is 4.68. The molecule has 1 rings (SSSR count). The fraction of sp³-hybridized carbons (Fsp3) is 0.600. The highest BCUT2D eigenvalue weighted by Crippen LogP contribution is 2.26. The SMILES string of the molecule is CCCOc1cc(C)ccc1NCC(C)CC. The van der Waals surface area contributed by atoms with E-state index in [0.717, 1.165) is 31.0 Å². The lowest BCUT2D eigenvalue weighted by Gasteiger charge is -2.16. The van der Waals surface area contributed by atoms with E-state index in [2.05, 4.69) is 51.2 Å². The van der Waals surface area contributed by atoms with E-state index in [0.29, 0.717) is 5.92 Å². The molecular formula is C15H25NO. The Morgan fingerprint density at radius 2 is 2.06 bits per heavy atom. The van der Waals surface area contributed by atoms with Gasteiger partial charge in [0.05, 0.1) is 12.3 Å². The predicted molar refractivity (Wildman–Crippen MR) is 74.9 cm³/mol. The molecule has 0 saturated carbocycles.